The fourth-order valence-electron chi connectivity index (χ4n) is 6.92. The van der Waals surface area contributed by atoms with Gasteiger partial charge in [0.15, 0.2) is 5.13 Å². The molecule has 200 valence electrons. The van der Waals surface area contributed by atoms with Crippen LogP contribution in [0.1, 0.15) is 56.5 Å². The summed E-state index contributed by atoms with van der Waals surface area (Å²) in [5.41, 5.74) is 1.02. The Kier molecular flexibility index (Phi) is 7.06. The first-order chi connectivity index (χ1) is 17.7. The van der Waals surface area contributed by atoms with Gasteiger partial charge in [-0.3, -0.25) is 9.59 Å². The van der Waals surface area contributed by atoms with Crippen LogP contribution in [0.2, 0.25) is 0 Å². The second kappa shape index (κ2) is 10.0. The maximum absolute atomic E-state index is 13.6. The average molecular weight is 527 g/mol. The predicted octanol–water partition coefficient (Wildman–Crippen LogP) is 3.38. The third kappa shape index (κ3) is 4.66. The molecular formula is C28H38N4O4S. The molecule has 0 unspecified atom stereocenters. The highest BCUT2D eigenvalue weighted by Crippen LogP contribution is 2.63. The number of para-hydroxylation sites is 1. The number of nitrogens with one attached hydrogen (secondary N) is 1. The number of fused-ring (bicyclic) bond motifs is 2. The number of carbonyl (C=O) groups excluding carboxylic acids is 2. The zero-order chi connectivity index (χ0) is 26.4. The smallest absolute Gasteiger partial charge is 0.223 e. The van der Waals surface area contributed by atoms with E-state index in [4.69, 9.17) is 4.98 Å². The molecule has 8 nitrogen and oxygen atoms in total. The first kappa shape index (κ1) is 26.1. The number of aliphatic hydroxyl groups excluding tert-OH is 2. The largest absolute Gasteiger partial charge is 0.396 e. The van der Waals surface area contributed by atoms with Crippen LogP contribution in [0.15, 0.2) is 30.3 Å². The van der Waals surface area contributed by atoms with Crippen LogP contribution in [0.25, 0.3) is 0 Å². The van der Waals surface area contributed by atoms with Gasteiger partial charge in [-0.15, -0.1) is 11.3 Å². The first-order valence-corrected chi connectivity index (χ1v) is 14.1. The molecule has 3 N–H and O–H groups in total. The minimum Gasteiger partial charge on any atom is -0.396 e. The van der Waals surface area contributed by atoms with Crippen molar-refractivity contribution in [2.45, 2.75) is 58.5 Å². The van der Waals surface area contributed by atoms with Crippen molar-refractivity contribution in [3.05, 3.63) is 40.9 Å². The van der Waals surface area contributed by atoms with E-state index in [2.05, 4.69) is 12.2 Å². The van der Waals surface area contributed by atoms with Gasteiger partial charge < -0.3 is 25.3 Å². The number of amides is 2. The molecule has 1 saturated carbocycles. The molecule has 0 bridgehead atoms. The lowest BCUT2D eigenvalue weighted by atomic mass is 9.47. The monoisotopic (exact) mass is 526 g/mol. The molecule has 9 heteroatoms. The van der Waals surface area contributed by atoms with Crippen molar-refractivity contribution >= 4 is 34.0 Å². The number of aromatic nitrogens is 1. The van der Waals surface area contributed by atoms with Gasteiger partial charge in [0.05, 0.1) is 18.4 Å². The maximum atomic E-state index is 13.6. The molecule has 2 aliphatic carbocycles. The lowest BCUT2D eigenvalue weighted by Gasteiger charge is -2.58. The van der Waals surface area contributed by atoms with E-state index in [1.165, 1.54) is 0 Å². The standard InChI is InChI=1S/C28H38N4O4S/c1-18(34)31-11-13-32(14-12-31)24(36)15-20-25-21(37-26(30-25)29-19-7-5-4-6-8-19)16-22-27(20,2)10-9-23(35)28(22,3)17-33/h4-8,20,22-23,33,35H,9-17H2,1-3H3,(H,29,30)/t20-,22+,23-,27+,28+/m1/s1. The SMILES string of the molecule is CC(=O)N1CCN(C(=O)C[C@@H]2c3nc(Nc4ccccc4)sc3C[C@@H]3[C@](C)(CO)[C@H](O)CC[C@]32C)CC1. The molecule has 1 saturated heterocycles. The van der Waals surface area contributed by atoms with Gasteiger partial charge in [0.1, 0.15) is 0 Å². The minimum absolute atomic E-state index is 0.0265. The van der Waals surface area contributed by atoms with Crippen LogP contribution >= 0.6 is 11.3 Å². The number of anilines is 2. The van der Waals surface area contributed by atoms with Crippen LogP contribution in [0.4, 0.5) is 10.8 Å². The zero-order valence-corrected chi connectivity index (χ0v) is 22.8. The molecule has 3 aliphatic rings. The van der Waals surface area contributed by atoms with E-state index in [0.29, 0.717) is 39.0 Å². The van der Waals surface area contributed by atoms with Crippen molar-refractivity contribution in [2.24, 2.45) is 16.7 Å². The van der Waals surface area contributed by atoms with Crippen LogP contribution in [0.5, 0.6) is 0 Å². The number of hydrogen-bond acceptors (Lipinski definition) is 7. The van der Waals surface area contributed by atoms with E-state index in [1.807, 2.05) is 42.2 Å². The Balaban J connectivity index is 1.47. The lowest BCUT2D eigenvalue weighted by molar-refractivity contribution is -0.149. The van der Waals surface area contributed by atoms with Crippen molar-refractivity contribution in [1.82, 2.24) is 14.8 Å². The molecule has 1 aromatic heterocycles. The molecule has 2 heterocycles. The van der Waals surface area contributed by atoms with Crippen LogP contribution in [-0.4, -0.2) is 75.7 Å². The van der Waals surface area contributed by atoms with Gasteiger partial charge in [-0.05, 0) is 42.7 Å². The van der Waals surface area contributed by atoms with Gasteiger partial charge in [0.25, 0.3) is 0 Å². The third-order valence-corrected chi connectivity index (χ3v) is 10.4. The van der Waals surface area contributed by atoms with Gasteiger partial charge in [-0.2, -0.15) is 0 Å². The molecule has 37 heavy (non-hydrogen) atoms. The van der Waals surface area contributed by atoms with Gasteiger partial charge in [-0.1, -0.05) is 32.0 Å². The normalized spacial score (nSPS) is 31.4. The number of carbonyl (C=O) groups is 2. The Morgan fingerprint density at radius 3 is 2.46 bits per heavy atom. The van der Waals surface area contributed by atoms with Crippen molar-refractivity contribution in [1.29, 1.82) is 0 Å². The molecular weight excluding hydrogens is 488 g/mol. The third-order valence-electron chi connectivity index (χ3n) is 9.38. The summed E-state index contributed by atoms with van der Waals surface area (Å²) in [6, 6.07) is 9.94. The predicted molar refractivity (Wildman–Crippen MR) is 144 cm³/mol. The van der Waals surface area contributed by atoms with E-state index < -0.39 is 11.5 Å². The van der Waals surface area contributed by atoms with Crippen LogP contribution in [0.3, 0.4) is 0 Å². The van der Waals surface area contributed by atoms with Crippen LogP contribution < -0.4 is 5.32 Å². The molecule has 2 amide bonds. The quantitative estimate of drug-likeness (QED) is 0.552. The Bertz CT molecular complexity index is 1150. The second-order valence-electron chi connectivity index (χ2n) is 11.4. The van der Waals surface area contributed by atoms with E-state index >= 15 is 0 Å². The van der Waals surface area contributed by atoms with Crippen molar-refractivity contribution < 1.29 is 19.8 Å². The highest BCUT2D eigenvalue weighted by Gasteiger charge is 2.59. The van der Waals surface area contributed by atoms with Gasteiger partial charge in [0.2, 0.25) is 11.8 Å². The van der Waals surface area contributed by atoms with Crippen molar-refractivity contribution in [3.8, 4) is 0 Å². The highest BCUT2D eigenvalue weighted by atomic mass is 32.1. The summed E-state index contributed by atoms with van der Waals surface area (Å²) >= 11 is 1.61. The summed E-state index contributed by atoms with van der Waals surface area (Å²) in [6.07, 6.45) is 1.87. The number of benzene rings is 1. The Hall–Kier alpha value is -2.49. The number of piperazine rings is 1. The summed E-state index contributed by atoms with van der Waals surface area (Å²) in [7, 11) is 0. The summed E-state index contributed by atoms with van der Waals surface area (Å²) in [4.78, 5) is 35.2. The van der Waals surface area contributed by atoms with Gasteiger partial charge >= 0.3 is 0 Å². The topological polar surface area (TPSA) is 106 Å². The molecule has 1 aliphatic heterocycles. The molecule has 2 aromatic rings. The van der Waals surface area contributed by atoms with E-state index in [9.17, 15) is 19.8 Å². The highest BCUT2D eigenvalue weighted by molar-refractivity contribution is 7.15. The molecule has 0 spiro atoms. The van der Waals surface area contributed by atoms with Gasteiger partial charge in [-0.25, -0.2) is 4.98 Å². The van der Waals surface area contributed by atoms with Crippen LogP contribution in [0, 0.1) is 16.7 Å². The lowest BCUT2D eigenvalue weighted by Crippen LogP contribution is -2.58. The fourth-order valence-corrected chi connectivity index (χ4v) is 8.01. The summed E-state index contributed by atoms with van der Waals surface area (Å²) in [6.45, 7) is 7.92. The van der Waals surface area contributed by atoms with Crippen LogP contribution in [-0.2, 0) is 16.0 Å². The second-order valence-corrected chi connectivity index (χ2v) is 12.5. The molecule has 5 atom stereocenters. The Labute approximate surface area is 222 Å². The number of thiazole rings is 1. The van der Waals surface area contributed by atoms with E-state index in [1.54, 1.807) is 23.2 Å². The average Bonchev–Trinajstić information content (AvgIpc) is 3.30. The number of aliphatic hydroxyl groups is 2. The zero-order valence-electron chi connectivity index (χ0n) is 21.9. The summed E-state index contributed by atoms with van der Waals surface area (Å²) < 4.78 is 0. The first-order valence-electron chi connectivity index (χ1n) is 13.3. The summed E-state index contributed by atoms with van der Waals surface area (Å²) in [5.74, 6) is 0.0481. The van der Waals surface area contributed by atoms with E-state index in [-0.39, 0.29) is 35.7 Å². The van der Waals surface area contributed by atoms with Crippen molar-refractivity contribution in [3.63, 3.8) is 0 Å². The van der Waals surface area contributed by atoms with Crippen molar-refractivity contribution in [2.75, 3.05) is 38.1 Å². The maximum Gasteiger partial charge on any atom is 0.223 e. The molecule has 1 aromatic carbocycles. The number of hydrogen-bond donors (Lipinski definition) is 3. The van der Waals surface area contributed by atoms with E-state index in [0.717, 1.165) is 34.2 Å². The molecule has 2 fully saturated rings. The Morgan fingerprint density at radius 1 is 1.14 bits per heavy atom. The molecule has 0 radical (unpaired) electrons. The minimum atomic E-state index is -0.643. The summed E-state index contributed by atoms with van der Waals surface area (Å²) in [5, 5.41) is 25.7. The number of rotatable bonds is 5. The molecule has 5 rings (SSSR count). The Morgan fingerprint density at radius 2 is 1.81 bits per heavy atom. The fraction of sp³-hybridized carbons (Fsp3) is 0.607. The van der Waals surface area contributed by atoms with Gasteiger partial charge in [0, 0.05) is 61.4 Å². The number of nitrogens with zero attached hydrogens (tertiary/aromatic N) is 3.